The van der Waals surface area contributed by atoms with Gasteiger partial charge in [-0.1, -0.05) is 74.5 Å². The minimum atomic E-state index is -1.80. The molecule has 0 fully saturated rings. The van der Waals surface area contributed by atoms with Crippen LogP contribution in [0.5, 0.6) is 0 Å². The lowest BCUT2D eigenvalue weighted by Gasteiger charge is -2.25. The summed E-state index contributed by atoms with van der Waals surface area (Å²) in [6.45, 7) is 3.63. The van der Waals surface area contributed by atoms with Crippen molar-refractivity contribution in [2.24, 2.45) is 0 Å². The van der Waals surface area contributed by atoms with E-state index in [1.165, 1.54) is 0 Å². The van der Waals surface area contributed by atoms with Gasteiger partial charge in [0.15, 0.2) is 0 Å². The second-order valence-corrected chi connectivity index (χ2v) is 6.55. The maximum Gasteiger partial charge on any atom is 0.140 e. The van der Waals surface area contributed by atoms with Gasteiger partial charge in [0.1, 0.15) is 29.8 Å². The quantitative estimate of drug-likeness (QED) is 0.445. The molecule has 0 amide bonds. The number of hydrogen-bond acceptors (Lipinski definition) is 5. The van der Waals surface area contributed by atoms with Gasteiger partial charge >= 0.3 is 0 Å². The molecule has 0 saturated carbocycles. The van der Waals surface area contributed by atoms with E-state index in [9.17, 15) is 25.5 Å². The first-order valence-corrected chi connectivity index (χ1v) is 9.41. The molecule has 0 bridgehead atoms. The molecule has 0 radical (unpaired) electrons. The number of hydrogen-bond donors (Lipinski definition) is 5. The van der Waals surface area contributed by atoms with Gasteiger partial charge in [0, 0.05) is 0 Å². The van der Waals surface area contributed by atoms with Crippen molar-refractivity contribution in [2.75, 3.05) is 0 Å². The smallest absolute Gasteiger partial charge is 0.140 e. The Kier molecular flexibility index (Phi) is 7.81. The molecule has 3 atom stereocenters. The second-order valence-electron chi connectivity index (χ2n) is 6.55. The lowest BCUT2D eigenvalue weighted by Crippen LogP contribution is -2.40. The van der Waals surface area contributed by atoms with E-state index in [0.29, 0.717) is 35.1 Å². The van der Waals surface area contributed by atoms with Crippen LogP contribution in [0.4, 0.5) is 0 Å². The summed E-state index contributed by atoms with van der Waals surface area (Å²) in [5, 5.41) is 52.3. The SMILES string of the molecule is CCC(=C(O)[C@@H](O)[C@H](O)[C@@H](O)C(O)=C(CC)c1ccccc1)c1ccccc1. The van der Waals surface area contributed by atoms with Gasteiger partial charge in [-0.15, -0.1) is 0 Å². The molecular formula is C23H28O5. The molecule has 150 valence electrons. The molecule has 2 aromatic carbocycles. The molecular weight excluding hydrogens is 356 g/mol. The van der Waals surface area contributed by atoms with Crippen LogP contribution in [0, 0.1) is 0 Å². The topological polar surface area (TPSA) is 101 Å². The first-order chi connectivity index (χ1) is 13.4. The van der Waals surface area contributed by atoms with Gasteiger partial charge in [-0.25, -0.2) is 0 Å². The van der Waals surface area contributed by atoms with Crippen LogP contribution >= 0.6 is 0 Å². The average molecular weight is 384 g/mol. The van der Waals surface area contributed by atoms with Crippen LogP contribution < -0.4 is 0 Å². The summed E-state index contributed by atoms with van der Waals surface area (Å²) >= 11 is 0. The summed E-state index contributed by atoms with van der Waals surface area (Å²) in [6, 6.07) is 18.0. The van der Waals surface area contributed by atoms with Crippen LogP contribution in [0.2, 0.25) is 0 Å². The summed E-state index contributed by atoms with van der Waals surface area (Å²) < 4.78 is 0. The van der Waals surface area contributed by atoms with Crippen molar-refractivity contribution in [3.05, 3.63) is 83.3 Å². The fourth-order valence-electron chi connectivity index (χ4n) is 3.20. The van der Waals surface area contributed by atoms with Crippen molar-refractivity contribution in [3.8, 4) is 0 Å². The predicted octanol–water partition coefficient (Wildman–Crippen LogP) is 3.83. The Balaban J connectivity index is 2.34. The Morgan fingerprint density at radius 3 is 1.25 bits per heavy atom. The van der Waals surface area contributed by atoms with Crippen LogP contribution in [-0.4, -0.2) is 43.8 Å². The van der Waals surface area contributed by atoms with E-state index in [1.807, 2.05) is 26.0 Å². The second kappa shape index (κ2) is 10.1. The van der Waals surface area contributed by atoms with Gasteiger partial charge in [-0.05, 0) is 35.1 Å². The molecule has 0 heterocycles. The minimum absolute atomic E-state index is 0.418. The molecule has 2 aromatic rings. The normalized spacial score (nSPS) is 16.6. The Morgan fingerprint density at radius 2 is 0.964 bits per heavy atom. The van der Waals surface area contributed by atoms with Crippen molar-refractivity contribution in [1.29, 1.82) is 0 Å². The maximum absolute atomic E-state index is 10.5. The summed E-state index contributed by atoms with van der Waals surface area (Å²) in [5.74, 6) is -0.850. The molecule has 0 unspecified atom stereocenters. The Bertz CT molecular complexity index is 742. The molecule has 2 rings (SSSR count). The molecule has 0 aliphatic heterocycles. The number of allylic oxidation sites excluding steroid dienone is 2. The fourth-order valence-corrected chi connectivity index (χ4v) is 3.20. The largest absolute Gasteiger partial charge is 0.509 e. The van der Waals surface area contributed by atoms with Crippen LogP contribution in [0.3, 0.4) is 0 Å². The van der Waals surface area contributed by atoms with E-state index in [2.05, 4.69) is 0 Å². The summed E-state index contributed by atoms with van der Waals surface area (Å²) in [4.78, 5) is 0. The van der Waals surface area contributed by atoms with Gasteiger partial charge < -0.3 is 25.5 Å². The van der Waals surface area contributed by atoms with E-state index in [-0.39, 0.29) is 0 Å². The third-order valence-electron chi connectivity index (χ3n) is 4.78. The highest BCUT2D eigenvalue weighted by atomic mass is 16.4. The highest BCUT2D eigenvalue weighted by Crippen LogP contribution is 2.28. The molecule has 0 aliphatic rings. The van der Waals surface area contributed by atoms with E-state index < -0.39 is 29.8 Å². The van der Waals surface area contributed by atoms with E-state index >= 15 is 0 Å². The van der Waals surface area contributed by atoms with Crippen molar-refractivity contribution < 1.29 is 25.5 Å². The highest BCUT2D eigenvalue weighted by molar-refractivity contribution is 5.69. The van der Waals surface area contributed by atoms with Crippen molar-refractivity contribution >= 4 is 11.1 Å². The molecule has 28 heavy (non-hydrogen) atoms. The molecule has 0 spiro atoms. The van der Waals surface area contributed by atoms with Crippen LogP contribution in [0.25, 0.3) is 11.1 Å². The average Bonchev–Trinajstić information content (AvgIpc) is 2.74. The van der Waals surface area contributed by atoms with Crippen LogP contribution in [0.15, 0.2) is 72.2 Å². The van der Waals surface area contributed by atoms with Crippen molar-refractivity contribution in [1.82, 2.24) is 0 Å². The van der Waals surface area contributed by atoms with Crippen LogP contribution in [0.1, 0.15) is 37.8 Å². The summed E-state index contributed by atoms with van der Waals surface area (Å²) in [7, 11) is 0. The lowest BCUT2D eigenvalue weighted by atomic mass is 9.93. The number of aliphatic hydroxyl groups excluding tert-OH is 5. The van der Waals surface area contributed by atoms with Crippen molar-refractivity contribution in [3.63, 3.8) is 0 Å². The van der Waals surface area contributed by atoms with E-state index in [4.69, 9.17) is 0 Å². The number of aliphatic hydroxyl groups is 5. The maximum atomic E-state index is 10.5. The zero-order chi connectivity index (χ0) is 20.7. The molecule has 5 nitrogen and oxygen atoms in total. The first kappa shape index (κ1) is 21.7. The third-order valence-corrected chi connectivity index (χ3v) is 4.78. The summed E-state index contributed by atoms with van der Waals surface area (Å²) in [6.07, 6.45) is -4.46. The lowest BCUT2D eigenvalue weighted by molar-refractivity contribution is -0.0547. The van der Waals surface area contributed by atoms with E-state index in [0.717, 1.165) is 0 Å². The van der Waals surface area contributed by atoms with Crippen LogP contribution in [-0.2, 0) is 0 Å². The molecule has 0 saturated heterocycles. The zero-order valence-corrected chi connectivity index (χ0v) is 16.2. The summed E-state index contributed by atoms with van der Waals surface area (Å²) in [5.41, 5.74) is 2.34. The standard InChI is InChI=1S/C23H28O5/c1-3-17(15-11-7-5-8-12-15)19(24)21(26)23(28)22(27)20(25)18(4-2)16-13-9-6-10-14-16/h5-14,21-28H,3-4H2,1-2H3/t21-,22+,23+. The first-order valence-electron chi connectivity index (χ1n) is 9.41. The number of benzene rings is 2. The van der Waals surface area contributed by atoms with Crippen molar-refractivity contribution in [2.45, 2.75) is 45.0 Å². The van der Waals surface area contributed by atoms with E-state index in [1.54, 1.807) is 48.5 Å². The van der Waals surface area contributed by atoms with Gasteiger partial charge in [-0.3, -0.25) is 0 Å². The van der Waals surface area contributed by atoms with Gasteiger partial charge in [0.05, 0.1) is 0 Å². The van der Waals surface area contributed by atoms with Gasteiger partial charge in [-0.2, -0.15) is 0 Å². The fraction of sp³-hybridized carbons (Fsp3) is 0.304. The molecule has 5 N–H and O–H groups in total. The Labute approximate surface area is 165 Å². The van der Waals surface area contributed by atoms with Gasteiger partial charge in [0.25, 0.3) is 0 Å². The third kappa shape index (κ3) is 4.81. The Hall–Kier alpha value is -2.60. The minimum Gasteiger partial charge on any atom is -0.509 e. The monoisotopic (exact) mass is 384 g/mol. The molecule has 0 aliphatic carbocycles. The number of rotatable bonds is 8. The molecule has 5 heteroatoms. The highest BCUT2D eigenvalue weighted by Gasteiger charge is 2.33. The molecule has 0 aromatic heterocycles. The Morgan fingerprint density at radius 1 is 0.643 bits per heavy atom. The zero-order valence-electron chi connectivity index (χ0n) is 16.2. The van der Waals surface area contributed by atoms with Gasteiger partial charge in [0.2, 0.25) is 0 Å². The predicted molar refractivity (Wildman–Crippen MR) is 111 cm³/mol.